The number of carbonyl (C=O) groups excluding carboxylic acids is 1. The lowest BCUT2D eigenvalue weighted by Crippen LogP contribution is -2.33. The number of nitrogens with zero attached hydrogens (tertiary/aromatic N) is 2. The van der Waals surface area contributed by atoms with E-state index in [2.05, 4.69) is 10.2 Å². The van der Waals surface area contributed by atoms with Crippen molar-refractivity contribution in [3.8, 4) is 5.75 Å². The number of piperidine rings is 1. The highest BCUT2D eigenvalue weighted by Crippen LogP contribution is 2.27. The van der Waals surface area contributed by atoms with Gasteiger partial charge in [-0.2, -0.15) is 0 Å². The second kappa shape index (κ2) is 9.32. The van der Waals surface area contributed by atoms with Gasteiger partial charge in [-0.3, -0.25) is 9.80 Å². The number of halogens is 1. The van der Waals surface area contributed by atoms with Gasteiger partial charge >= 0.3 is 6.09 Å². The molecule has 8 heteroatoms. The number of amides is 1. The minimum Gasteiger partial charge on any atom is -0.489 e. The third kappa shape index (κ3) is 5.52. The van der Waals surface area contributed by atoms with Crippen LogP contribution in [0, 0.1) is 5.82 Å². The third-order valence-corrected chi connectivity index (χ3v) is 4.94. The van der Waals surface area contributed by atoms with E-state index in [1.54, 1.807) is 19.1 Å². The number of benzene rings is 1. The molecule has 1 N–H and O–H groups in total. The van der Waals surface area contributed by atoms with Crippen LogP contribution in [0.3, 0.4) is 0 Å². The largest absolute Gasteiger partial charge is 0.489 e. The maximum atomic E-state index is 14.4. The summed E-state index contributed by atoms with van der Waals surface area (Å²) in [5.41, 5.74) is 0.461. The normalized spacial score (nSPS) is 20.4. The molecular weight excluding hydrogens is 369 g/mol. The Labute approximate surface area is 164 Å². The molecule has 0 aliphatic carbocycles. The third-order valence-electron chi connectivity index (χ3n) is 4.79. The number of ether oxygens (including phenoxy) is 2. The molecule has 0 bridgehead atoms. The fourth-order valence-electron chi connectivity index (χ4n) is 3.34. The van der Waals surface area contributed by atoms with Gasteiger partial charge in [0.2, 0.25) is 0 Å². The predicted octanol–water partition coefficient (Wildman–Crippen LogP) is 2.95. The van der Waals surface area contributed by atoms with Crippen molar-refractivity contribution in [1.29, 1.82) is 0 Å². The molecule has 0 saturated carbocycles. The fraction of sp³-hybridized carbons (Fsp3) is 0.579. The Kier molecular flexibility index (Phi) is 6.84. The summed E-state index contributed by atoms with van der Waals surface area (Å²) in [6.07, 6.45) is 2.92. The van der Waals surface area contributed by atoms with E-state index < -0.39 is 11.9 Å². The van der Waals surface area contributed by atoms with E-state index in [0.717, 1.165) is 19.6 Å². The van der Waals surface area contributed by atoms with Crippen molar-refractivity contribution >= 4 is 29.0 Å². The summed E-state index contributed by atoms with van der Waals surface area (Å²) in [5, 5.41) is 2.98. The molecule has 6 nitrogen and oxygen atoms in total. The second-order valence-electron chi connectivity index (χ2n) is 6.92. The van der Waals surface area contributed by atoms with Crippen molar-refractivity contribution in [1.82, 2.24) is 10.2 Å². The number of likely N-dealkylation sites (tertiary alicyclic amines) is 1. The van der Waals surface area contributed by atoms with E-state index in [1.165, 1.54) is 30.2 Å². The van der Waals surface area contributed by atoms with Gasteiger partial charge in [-0.15, -0.1) is 0 Å². The zero-order chi connectivity index (χ0) is 19.2. The summed E-state index contributed by atoms with van der Waals surface area (Å²) in [6.45, 7) is 5.98. The molecule has 3 rings (SSSR count). The summed E-state index contributed by atoms with van der Waals surface area (Å²) in [7, 11) is 0. The Morgan fingerprint density at radius 2 is 2.15 bits per heavy atom. The Bertz CT molecular complexity index is 682. The van der Waals surface area contributed by atoms with Crippen molar-refractivity contribution in [2.75, 3.05) is 44.2 Å². The average molecular weight is 396 g/mol. The van der Waals surface area contributed by atoms with Gasteiger partial charge in [-0.25, -0.2) is 9.18 Å². The molecular formula is C19H26FN3O3S. The van der Waals surface area contributed by atoms with Gasteiger partial charge in [-0.05, 0) is 45.0 Å². The van der Waals surface area contributed by atoms with Crippen LogP contribution in [0.25, 0.3) is 0 Å². The number of cyclic esters (lactones) is 1. The molecule has 2 saturated heterocycles. The smallest absolute Gasteiger partial charge is 0.414 e. The lowest BCUT2D eigenvalue weighted by molar-refractivity contribution is 0.143. The maximum absolute atomic E-state index is 14.4. The van der Waals surface area contributed by atoms with Crippen molar-refractivity contribution in [3.63, 3.8) is 0 Å². The summed E-state index contributed by atoms with van der Waals surface area (Å²) < 4.78 is 25.3. The lowest BCUT2D eigenvalue weighted by Gasteiger charge is -2.26. The first kappa shape index (κ1) is 19.8. The van der Waals surface area contributed by atoms with Crippen LogP contribution in [0.2, 0.25) is 0 Å². The topological polar surface area (TPSA) is 54.0 Å². The first-order valence-electron chi connectivity index (χ1n) is 9.40. The van der Waals surface area contributed by atoms with E-state index in [4.69, 9.17) is 21.7 Å². The SMILES string of the molecule is CC(=S)NC[C@H]1CN(c2ccc(OCCN3CCCCC3)c(F)c2)C(=O)O1. The summed E-state index contributed by atoms with van der Waals surface area (Å²) >= 11 is 4.96. The molecule has 1 aromatic carbocycles. The van der Waals surface area contributed by atoms with E-state index in [1.807, 2.05) is 0 Å². The van der Waals surface area contributed by atoms with E-state index in [9.17, 15) is 9.18 Å². The number of carbonyl (C=O) groups is 1. The predicted molar refractivity (Wildman–Crippen MR) is 106 cm³/mol. The molecule has 0 radical (unpaired) electrons. The lowest BCUT2D eigenvalue weighted by atomic mass is 10.1. The van der Waals surface area contributed by atoms with Crippen LogP contribution in [0.15, 0.2) is 18.2 Å². The molecule has 27 heavy (non-hydrogen) atoms. The van der Waals surface area contributed by atoms with Gasteiger partial charge in [-0.1, -0.05) is 18.6 Å². The molecule has 0 aromatic heterocycles. The zero-order valence-corrected chi connectivity index (χ0v) is 16.4. The zero-order valence-electron chi connectivity index (χ0n) is 15.6. The Balaban J connectivity index is 1.52. The van der Waals surface area contributed by atoms with Crippen LogP contribution in [0.1, 0.15) is 26.2 Å². The summed E-state index contributed by atoms with van der Waals surface area (Å²) in [5.74, 6) is -0.270. The Morgan fingerprint density at radius 3 is 2.85 bits per heavy atom. The average Bonchev–Trinajstić information content (AvgIpc) is 3.03. The fourth-order valence-corrected chi connectivity index (χ4v) is 3.42. The van der Waals surface area contributed by atoms with Crippen LogP contribution in [0.5, 0.6) is 5.75 Å². The molecule has 1 amide bonds. The van der Waals surface area contributed by atoms with Crippen LogP contribution in [-0.4, -0.2) is 61.4 Å². The maximum Gasteiger partial charge on any atom is 0.414 e. The van der Waals surface area contributed by atoms with E-state index in [-0.39, 0.29) is 11.9 Å². The highest BCUT2D eigenvalue weighted by Gasteiger charge is 2.32. The van der Waals surface area contributed by atoms with Gasteiger partial charge in [0.1, 0.15) is 12.7 Å². The number of anilines is 1. The van der Waals surface area contributed by atoms with Crippen LogP contribution >= 0.6 is 12.2 Å². The van der Waals surface area contributed by atoms with Crippen LogP contribution < -0.4 is 15.0 Å². The number of hydrogen-bond donors (Lipinski definition) is 1. The molecule has 2 aliphatic heterocycles. The van der Waals surface area contributed by atoms with Gasteiger partial charge in [0.25, 0.3) is 0 Å². The quantitative estimate of drug-likeness (QED) is 0.717. The molecule has 2 aliphatic rings. The Hall–Kier alpha value is -1.93. The van der Waals surface area contributed by atoms with Crippen molar-refractivity contribution in [2.45, 2.75) is 32.3 Å². The Morgan fingerprint density at radius 1 is 1.37 bits per heavy atom. The van der Waals surface area contributed by atoms with Crippen molar-refractivity contribution < 1.29 is 18.7 Å². The molecule has 1 atom stereocenters. The molecule has 2 heterocycles. The number of thiocarbonyl (C=S) groups is 1. The molecule has 148 valence electrons. The second-order valence-corrected chi connectivity index (χ2v) is 7.53. The summed E-state index contributed by atoms with van der Waals surface area (Å²) in [4.78, 5) is 16.5. The van der Waals surface area contributed by atoms with Crippen molar-refractivity contribution in [3.05, 3.63) is 24.0 Å². The number of hydrogen-bond acceptors (Lipinski definition) is 5. The summed E-state index contributed by atoms with van der Waals surface area (Å²) in [6, 6.07) is 4.57. The monoisotopic (exact) mass is 395 g/mol. The van der Waals surface area contributed by atoms with E-state index >= 15 is 0 Å². The first-order valence-corrected chi connectivity index (χ1v) is 9.81. The van der Waals surface area contributed by atoms with Gasteiger partial charge in [0.05, 0.1) is 23.8 Å². The minimum absolute atomic E-state index is 0.206. The standard InChI is InChI=1S/C19H26FN3O3S/c1-14(27)21-12-16-13-23(19(24)26-16)15-5-6-18(17(20)11-15)25-10-9-22-7-3-2-4-8-22/h5-6,11,16H,2-4,7-10,12-13H2,1H3,(H,21,27)/t16-/m0/s1. The first-order chi connectivity index (χ1) is 13.0. The number of nitrogens with one attached hydrogen (secondary N) is 1. The minimum atomic E-state index is -0.484. The van der Waals surface area contributed by atoms with Gasteiger partial charge < -0.3 is 14.8 Å². The van der Waals surface area contributed by atoms with Crippen molar-refractivity contribution in [2.24, 2.45) is 0 Å². The van der Waals surface area contributed by atoms with Gasteiger partial charge in [0, 0.05) is 12.6 Å². The van der Waals surface area contributed by atoms with Crippen LogP contribution in [0.4, 0.5) is 14.9 Å². The molecule has 2 fully saturated rings. The molecule has 0 spiro atoms. The molecule has 1 aromatic rings. The van der Waals surface area contributed by atoms with Crippen LogP contribution in [-0.2, 0) is 4.74 Å². The van der Waals surface area contributed by atoms with Gasteiger partial charge in [0.15, 0.2) is 11.6 Å². The van der Waals surface area contributed by atoms with E-state index in [0.29, 0.717) is 30.4 Å². The number of rotatable bonds is 7. The highest BCUT2D eigenvalue weighted by atomic mass is 32.1. The highest BCUT2D eigenvalue weighted by molar-refractivity contribution is 7.80. The molecule has 0 unspecified atom stereocenters.